The summed E-state index contributed by atoms with van der Waals surface area (Å²) in [6.07, 6.45) is 3.76. The van der Waals surface area contributed by atoms with Gasteiger partial charge in [0.1, 0.15) is 17.4 Å². The molecule has 0 aliphatic rings. The lowest BCUT2D eigenvalue weighted by Gasteiger charge is -2.28. The molecule has 0 aliphatic carbocycles. The summed E-state index contributed by atoms with van der Waals surface area (Å²) in [6, 6.07) is 7.05. The van der Waals surface area contributed by atoms with E-state index >= 15 is 0 Å². The number of methoxy groups -OCH3 is 1. The summed E-state index contributed by atoms with van der Waals surface area (Å²) in [6.45, 7) is 6.30. The number of ether oxygens (including phenoxy) is 2. The molecule has 0 radical (unpaired) electrons. The molecule has 1 N–H and O–H groups in total. The van der Waals surface area contributed by atoms with Crippen LogP contribution in [-0.2, 0) is 9.53 Å². The van der Waals surface area contributed by atoms with Gasteiger partial charge < -0.3 is 14.8 Å². The minimum atomic E-state index is -0.864. The Labute approximate surface area is 138 Å². The zero-order valence-corrected chi connectivity index (χ0v) is 14.4. The number of nitrogens with zero attached hydrogens (tertiary/aromatic N) is 1. The van der Waals surface area contributed by atoms with Crippen molar-refractivity contribution in [3.05, 3.63) is 23.8 Å². The summed E-state index contributed by atoms with van der Waals surface area (Å²) >= 11 is 0. The molecule has 0 fully saturated rings. The van der Waals surface area contributed by atoms with Crippen molar-refractivity contribution in [2.24, 2.45) is 0 Å². The zero-order valence-electron chi connectivity index (χ0n) is 14.4. The number of unbranched alkanes of at least 4 members (excludes halogenated alkanes) is 2. The van der Waals surface area contributed by atoms with E-state index in [1.165, 1.54) is 7.11 Å². The Bertz CT molecular complexity index is 566. The third-order valence-electron chi connectivity index (χ3n) is 3.78. The largest absolute Gasteiger partial charge is 0.495 e. The van der Waals surface area contributed by atoms with Gasteiger partial charge in [-0.15, -0.1) is 0 Å². The van der Waals surface area contributed by atoms with Crippen LogP contribution in [0.25, 0.3) is 0 Å². The average Bonchev–Trinajstić information content (AvgIpc) is 2.55. The lowest BCUT2D eigenvalue weighted by Crippen LogP contribution is -2.42. The quantitative estimate of drug-likeness (QED) is 0.701. The van der Waals surface area contributed by atoms with Crippen molar-refractivity contribution < 1.29 is 14.3 Å². The van der Waals surface area contributed by atoms with Gasteiger partial charge in [0, 0.05) is 12.3 Å². The number of nitriles is 1. The molecule has 0 saturated carbocycles. The van der Waals surface area contributed by atoms with Gasteiger partial charge in [-0.3, -0.25) is 4.79 Å². The highest BCUT2D eigenvalue weighted by Crippen LogP contribution is 2.25. The van der Waals surface area contributed by atoms with E-state index in [4.69, 9.17) is 14.7 Å². The van der Waals surface area contributed by atoms with Crippen LogP contribution in [0.3, 0.4) is 0 Å². The molecule has 1 aromatic carbocycles. The molecule has 1 rings (SSSR count). The monoisotopic (exact) mass is 318 g/mol. The van der Waals surface area contributed by atoms with Crippen molar-refractivity contribution in [1.29, 1.82) is 5.26 Å². The van der Waals surface area contributed by atoms with Gasteiger partial charge in [-0.2, -0.15) is 5.26 Å². The fourth-order valence-corrected chi connectivity index (χ4v) is 2.42. The van der Waals surface area contributed by atoms with Crippen LogP contribution in [-0.4, -0.2) is 25.2 Å². The normalized spacial score (nSPS) is 13.0. The maximum atomic E-state index is 12.6. The number of hydrogen-bond donors (Lipinski definition) is 1. The first-order valence-corrected chi connectivity index (χ1v) is 8.04. The lowest BCUT2D eigenvalue weighted by molar-refractivity contribution is -0.139. The van der Waals surface area contributed by atoms with E-state index in [1.54, 1.807) is 18.2 Å². The first kappa shape index (κ1) is 19.0. The molecule has 23 heavy (non-hydrogen) atoms. The second-order valence-electron chi connectivity index (χ2n) is 5.60. The van der Waals surface area contributed by atoms with Crippen LogP contribution in [0.5, 0.6) is 5.75 Å². The molecular formula is C18H26N2O3. The maximum absolute atomic E-state index is 12.6. The molecule has 1 aromatic rings. The highest BCUT2D eigenvalue weighted by Gasteiger charge is 2.33. The third-order valence-corrected chi connectivity index (χ3v) is 3.78. The Morgan fingerprint density at radius 2 is 2.09 bits per heavy atom. The van der Waals surface area contributed by atoms with Crippen LogP contribution >= 0.6 is 0 Å². The Hall–Kier alpha value is -2.06. The van der Waals surface area contributed by atoms with Gasteiger partial charge in [-0.05, 0) is 38.5 Å². The van der Waals surface area contributed by atoms with Gasteiger partial charge in [0.15, 0.2) is 0 Å². The van der Waals surface area contributed by atoms with Crippen LogP contribution in [0.15, 0.2) is 18.2 Å². The van der Waals surface area contributed by atoms with Crippen molar-refractivity contribution in [2.45, 2.75) is 52.1 Å². The second-order valence-corrected chi connectivity index (χ2v) is 5.60. The molecule has 1 atom stereocenters. The summed E-state index contributed by atoms with van der Waals surface area (Å²) in [5, 5.41) is 12.0. The number of anilines is 1. The highest BCUT2D eigenvalue weighted by atomic mass is 16.5. The summed E-state index contributed by atoms with van der Waals surface area (Å²) < 4.78 is 10.8. The topological polar surface area (TPSA) is 71.3 Å². The molecule has 0 aliphatic heterocycles. The molecule has 0 heterocycles. The Kier molecular flexibility index (Phi) is 7.56. The number of nitrogens with one attached hydrogen (secondary N) is 1. The molecule has 0 unspecified atom stereocenters. The van der Waals surface area contributed by atoms with E-state index in [1.807, 2.05) is 13.8 Å². The van der Waals surface area contributed by atoms with Gasteiger partial charge >= 0.3 is 0 Å². The van der Waals surface area contributed by atoms with Crippen LogP contribution in [0.2, 0.25) is 0 Å². The number of carbonyl (C=O) groups is 1. The zero-order chi connectivity index (χ0) is 17.3. The van der Waals surface area contributed by atoms with Gasteiger partial charge in [0.05, 0.1) is 12.7 Å². The minimum absolute atomic E-state index is 0.190. The van der Waals surface area contributed by atoms with Crippen LogP contribution < -0.4 is 10.1 Å². The predicted molar refractivity (Wildman–Crippen MR) is 90.5 cm³/mol. The molecule has 0 bridgehead atoms. The van der Waals surface area contributed by atoms with Gasteiger partial charge in [0.2, 0.25) is 0 Å². The smallest absolute Gasteiger partial charge is 0.256 e. The summed E-state index contributed by atoms with van der Waals surface area (Å²) in [5.74, 6) is 0.297. The van der Waals surface area contributed by atoms with Crippen LogP contribution in [0, 0.1) is 11.3 Å². The highest BCUT2D eigenvalue weighted by molar-refractivity contribution is 5.97. The minimum Gasteiger partial charge on any atom is -0.495 e. The standard InChI is InChI=1S/C18H26N2O3/c1-5-7-8-11-18(3,23-6-2)17(21)20-15-9-10-16(22-4)14(12-15)13-19/h9-10,12H,5-8,11H2,1-4H3,(H,20,21)/t18-/m1/s1. The van der Waals surface area contributed by atoms with Crippen molar-refractivity contribution in [2.75, 3.05) is 19.0 Å². The van der Waals surface area contributed by atoms with E-state index in [0.29, 0.717) is 30.0 Å². The Morgan fingerprint density at radius 1 is 1.35 bits per heavy atom. The van der Waals surface area contributed by atoms with Crippen molar-refractivity contribution in [3.8, 4) is 11.8 Å². The number of hydrogen-bond acceptors (Lipinski definition) is 4. The van der Waals surface area contributed by atoms with Crippen molar-refractivity contribution in [3.63, 3.8) is 0 Å². The molecular weight excluding hydrogens is 292 g/mol. The van der Waals surface area contributed by atoms with E-state index in [9.17, 15) is 4.79 Å². The SMILES string of the molecule is CCCCC[C@@](C)(OCC)C(=O)Nc1ccc(OC)c(C#N)c1. The number of amides is 1. The van der Waals surface area contributed by atoms with Crippen LogP contribution in [0.1, 0.15) is 52.0 Å². The predicted octanol–water partition coefficient (Wildman–Crippen LogP) is 3.88. The number of benzene rings is 1. The summed E-state index contributed by atoms with van der Waals surface area (Å²) in [4.78, 5) is 12.6. The number of rotatable bonds is 9. The van der Waals surface area contributed by atoms with E-state index in [0.717, 1.165) is 19.3 Å². The van der Waals surface area contributed by atoms with E-state index < -0.39 is 5.60 Å². The second kappa shape index (κ2) is 9.16. The van der Waals surface area contributed by atoms with Crippen LogP contribution in [0.4, 0.5) is 5.69 Å². The van der Waals surface area contributed by atoms with E-state index in [2.05, 4.69) is 18.3 Å². The molecule has 5 heteroatoms. The molecule has 0 aromatic heterocycles. The third kappa shape index (κ3) is 5.26. The summed E-state index contributed by atoms with van der Waals surface area (Å²) in [5.41, 5.74) is 0.0829. The molecule has 0 saturated heterocycles. The lowest BCUT2D eigenvalue weighted by atomic mass is 9.96. The Morgan fingerprint density at radius 3 is 2.65 bits per heavy atom. The fourth-order valence-electron chi connectivity index (χ4n) is 2.42. The summed E-state index contributed by atoms with van der Waals surface area (Å²) in [7, 11) is 1.51. The molecule has 0 spiro atoms. The van der Waals surface area contributed by atoms with Crippen molar-refractivity contribution >= 4 is 11.6 Å². The molecule has 126 valence electrons. The molecule has 1 amide bonds. The van der Waals surface area contributed by atoms with E-state index in [-0.39, 0.29) is 5.91 Å². The fraction of sp³-hybridized carbons (Fsp3) is 0.556. The average molecular weight is 318 g/mol. The van der Waals surface area contributed by atoms with Gasteiger partial charge in [0.25, 0.3) is 5.91 Å². The first-order chi connectivity index (χ1) is 11.0. The van der Waals surface area contributed by atoms with Crippen molar-refractivity contribution in [1.82, 2.24) is 0 Å². The Balaban J connectivity index is 2.88. The first-order valence-electron chi connectivity index (χ1n) is 8.04. The maximum Gasteiger partial charge on any atom is 0.256 e. The van der Waals surface area contributed by atoms with Gasteiger partial charge in [-0.1, -0.05) is 26.2 Å². The number of carbonyl (C=O) groups excluding carboxylic acids is 1. The molecule has 5 nitrogen and oxygen atoms in total. The van der Waals surface area contributed by atoms with Gasteiger partial charge in [-0.25, -0.2) is 0 Å².